The molecule has 1 aromatic rings. The second-order valence-corrected chi connectivity index (χ2v) is 4.79. The van der Waals surface area contributed by atoms with Gasteiger partial charge in [-0.15, -0.1) is 0 Å². The predicted molar refractivity (Wildman–Crippen MR) is 74.6 cm³/mol. The number of amides is 3. The summed E-state index contributed by atoms with van der Waals surface area (Å²) in [6.45, 7) is 0.0343. The Balaban J connectivity index is 2.14. The molecule has 1 aliphatic rings. The van der Waals surface area contributed by atoms with Crippen molar-refractivity contribution in [1.82, 2.24) is 15.5 Å². The van der Waals surface area contributed by atoms with Gasteiger partial charge in [0, 0.05) is 20.0 Å². The van der Waals surface area contributed by atoms with E-state index in [9.17, 15) is 19.5 Å². The number of nitrogens with one attached hydrogen (secondary N) is 2. The average molecular weight is 291 g/mol. The van der Waals surface area contributed by atoms with E-state index in [0.717, 1.165) is 11.1 Å². The first-order valence-corrected chi connectivity index (χ1v) is 6.57. The number of aliphatic carboxylic acids is 1. The van der Waals surface area contributed by atoms with Crippen molar-refractivity contribution in [3.8, 4) is 0 Å². The van der Waals surface area contributed by atoms with Gasteiger partial charge in [-0.25, -0.2) is 9.59 Å². The minimum atomic E-state index is -1.06. The number of benzene rings is 1. The zero-order valence-electron chi connectivity index (χ0n) is 11.6. The highest BCUT2D eigenvalue weighted by atomic mass is 16.4. The van der Waals surface area contributed by atoms with Crippen LogP contribution in [0.4, 0.5) is 4.79 Å². The Bertz CT molecular complexity index is 573. The zero-order chi connectivity index (χ0) is 15.4. The van der Waals surface area contributed by atoms with E-state index in [1.165, 1.54) is 11.9 Å². The van der Waals surface area contributed by atoms with Crippen LogP contribution in [0.25, 0.3) is 0 Å². The normalized spacial score (nSPS) is 16.8. The first-order chi connectivity index (χ1) is 10.0. The summed E-state index contributed by atoms with van der Waals surface area (Å²) >= 11 is 0. The van der Waals surface area contributed by atoms with E-state index in [1.54, 1.807) is 0 Å². The molecule has 1 atom stereocenters. The molecule has 112 valence electrons. The van der Waals surface area contributed by atoms with Crippen LogP contribution in [0.2, 0.25) is 0 Å². The molecule has 1 aliphatic heterocycles. The lowest BCUT2D eigenvalue weighted by Crippen LogP contribution is -2.53. The van der Waals surface area contributed by atoms with Crippen molar-refractivity contribution >= 4 is 17.9 Å². The summed E-state index contributed by atoms with van der Waals surface area (Å²) in [4.78, 5) is 35.9. The molecule has 0 radical (unpaired) electrons. The summed E-state index contributed by atoms with van der Waals surface area (Å²) in [6.07, 6.45) is 0.263. The quantitative estimate of drug-likeness (QED) is 0.727. The van der Waals surface area contributed by atoms with Gasteiger partial charge < -0.3 is 20.6 Å². The highest BCUT2D eigenvalue weighted by molar-refractivity contribution is 5.87. The summed E-state index contributed by atoms with van der Waals surface area (Å²) < 4.78 is 0. The first kappa shape index (κ1) is 14.8. The molecule has 1 aromatic carbocycles. The fraction of sp³-hybridized carbons (Fsp3) is 0.357. The SMILES string of the molecule is CNC(=O)CNC(=O)N1Cc2ccccc2C[C@@H]1C(=O)O. The van der Waals surface area contributed by atoms with Crippen LogP contribution in [-0.2, 0) is 22.6 Å². The van der Waals surface area contributed by atoms with E-state index in [2.05, 4.69) is 10.6 Å². The monoisotopic (exact) mass is 291 g/mol. The van der Waals surface area contributed by atoms with Gasteiger partial charge in [-0.2, -0.15) is 0 Å². The Morgan fingerprint density at radius 3 is 2.57 bits per heavy atom. The van der Waals surface area contributed by atoms with E-state index in [0.29, 0.717) is 0 Å². The zero-order valence-corrected chi connectivity index (χ0v) is 11.6. The van der Waals surface area contributed by atoms with Gasteiger partial charge in [0.05, 0.1) is 6.54 Å². The van der Waals surface area contributed by atoms with Crippen LogP contribution in [0.15, 0.2) is 24.3 Å². The molecule has 0 saturated carbocycles. The number of carbonyl (C=O) groups excluding carboxylic acids is 2. The molecule has 0 spiro atoms. The Morgan fingerprint density at radius 2 is 1.95 bits per heavy atom. The second kappa shape index (κ2) is 6.25. The maximum absolute atomic E-state index is 12.1. The lowest BCUT2D eigenvalue weighted by atomic mass is 9.94. The standard InChI is InChI=1S/C14H17N3O4/c1-15-12(18)7-16-14(21)17-8-10-5-3-2-4-9(10)6-11(17)13(19)20/h2-5,11H,6-8H2,1H3,(H,15,18)(H,16,21)(H,19,20)/t11-/m1/s1. The molecule has 0 aliphatic carbocycles. The molecular weight excluding hydrogens is 274 g/mol. The molecule has 1 heterocycles. The molecule has 0 unspecified atom stereocenters. The molecule has 0 aromatic heterocycles. The molecule has 2 rings (SSSR count). The minimum absolute atomic E-state index is 0.181. The van der Waals surface area contributed by atoms with Crippen LogP contribution in [0, 0.1) is 0 Å². The van der Waals surface area contributed by atoms with E-state index in [1.807, 2.05) is 24.3 Å². The highest BCUT2D eigenvalue weighted by Crippen LogP contribution is 2.23. The fourth-order valence-electron chi connectivity index (χ4n) is 2.30. The van der Waals surface area contributed by atoms with E-state index in [4.69, 9.17) is 0 Å². The summed E-state index contributed by atoms with van der Waals surface area (Å²) in [5, 5.41) is 14.1. The summed E-state index contributed by atoms with van der Waals surface area (Å²) in [6, 6.07) is 5.95. The molecule has 0 bridgehead atoms. The first-order valence-electron chi connectivity index (χ1n) is 6.57. The van der Waals surface area contributed by atoms with Crippen molar-refractivity contribution in [2.24, 2.45) is 0 Å². The largest absolute Gasteiger partial charge is 0.480 e. The maximum Gasteiger partial charge on any atom is 0.326 e. The van der Waals surface area contributed by atoms with Crippen LogP contribution in [0.5, 0.6) is 0 Å². The van der Waals surface area contributed by atoms with Crippen LogP contribution < -0.4 is 10.6 Å². The van der Waals surface area contributed by atoms with Gasteiger partial charge in [-0.1, -0.05) is 24.3 Å². The van der Waals surface area contributed by atoms with Crippen LogP contribution in [-0.4, -0.2) is 47.5 Å². The summed E-state index contributed by atoms with van der Waals surface area (Å²) in [7, 11) is 1.46. The topological polar surface area (TPSA) is 98.7 Å². The average Bonchev–Trinajstić information content (AvgIpc) is 2.50. The van der Waals surface area contributed by atoms with Gasteiger partial charge in [0.15, 0.2) is 0 Å². The number of carbonyl (C=O) groups is 3. The van der Waals surface area contributed by atoms with E-state index >= 15 is 0 Å². The van der Waals surface area contributed by atoms with Gasteiger partial charge >= 0.3 is 12.0 Å². The van der Waals surface area contributed by atoms with Gasteiger partial charge in [-0.3, -0.25) is 4.79 Å². The molecule has 21 heavy (non-hydrogen) atoms. The third kappa shape index (κ3) is 3.31. The van der Waals surface area contributed by atoms with E-state index in [-0.39, 0.29) is 25.4 Å². The fourth-order valence-corrected chi connectivity index (χ4v) is 2.30. The number of carboxylic acids is 1. The van der Waals surface area contributed by atoms with Crippen molar-refractivity contribution < 1.29 is 19.5 Å². The van der Waals surface area contributed by atoms with Crippen LogP contribution >= 0.6 is 0 Å². The molecule has 7 nitrogen and oxygen atoms in total. The number of hydrogen-bond donors (Lipinski definition) is 3. The summed E-state index contributed by atoms with van der Waals surface area (Å²) in [5.41, 5.74) is 1.85. The molecule has 0 saturated heterocycles. The van der Waals surface area contributed by atoms with Gasteiger partial charge in [0.2, 0.25) is 5.91 Å². The smallest absolute Gasteiger partial charge is 0.326 e. The minimum Gasteiger partial charge on any atom is -0.480 e. The van der Waals surface area contributed by atoms with Crippen molar-refractivity contribution in [2.45, 2.75) is 19.0 Å². The molecule has 3 amide bonds. The molecular formula is C14H17N3O4. The summed E-state index contributed by atoms with van der Waals surface area (Å²) in [5.74, 6) is -1.40. The Labute approximate surface area is 121 Å². The van der Waals surface area contributed by atoms with Crippen molar-refractivity contribution in [1.29, 1.82) is 0 Å². The van der Waals surface area contributed by atoms with Crippen LogP contribution in [0.1, 0.15) is 11.1 Å². The number of rotatable bonds is 3. The Hall–Kier alpha value is -2.57. The highest BCUT2D eigenvalue weighted by Gasteiger charge is 2.34. The number of carboxylic acid groups (broad SMARTS) is 1. The number of likely N-dealkylation sites (N-methyl/N-ethyl adjacent to an activating group) is 1. The number of fused-ring (bicyclic) bond motifs is 1. The lowest BCUT2D eigenvalue weighted by molar-refractivity contribution is -0.142. The number of hydrogen-bond acceptors (Lipinski definition) is 3. The number of urea groups is 1. The second-order valence-electron chi connectivity index (χ2n) is 4.79. The predicted octanol–water partition coefficient (Wildman–Crippen LogP) is -0.0465. The third-order valence-corrected chi connectivity index (χ3v) is 3.47. The molecule has 3 N–H and O–H groups in total. The van der Waals surface area contributed by atoms with Gasteiger partial charge in [0.1, 0.15) is 6.04 Å². The Kier molecular flexibility index (Phi) is 4.42. The molecule has 0 fully saturated rings. The third-order valence-electron chi connectivity index (χ3n) is 3.47. The van der Waals surface area contributed by atoms with Crippen LogP contribution in [0.3, 0.4) is 0 Å². The van der Waals surface area contributed by atoms with Crippen molar-refractivity contribution in [3.05, 3.63) is 35.4 Å². The van der Waals surface area contributed by atoms with Gasteiger partial charge in [-0.05, 0) is 11.1 Å². The van der Waals surface area contributed by atoms with E-state index < -0.39 is 18.0 Å². The van der Waals surface area contributed by atoms with Gasteiger partial charge in [0.25, 0.3) is 0 Å². The number of nitrogens with zero attached hydrogens (tertiary/aromatic N) is 1. The van der Waals surface area contributed by atoms with Crippen molar-refractivity contribution in [3.63, 3.8) is 0 Å². The maximum atomic E-state index is 12.1. The van der Waals surface area contributed by atoms with Crippen molar-refractivity contribution in [2.75, 3.05) is 13.6 Å². The Morgan fingerprint density at radius 1 is 1.29 bits per heavy atom. The lowest BCUT2D eigenvalue weighted by Gasteiger charge is -2.34. The molecule has 7 heteroatoms.